The summed E-state index contributed by atoms with van der Waals surface area (Å²) < 4.78 is 1.55. The molecule has 0 atom stereocenters. The van der Waals surface area contributed by atoms with Crippen molar-refractivity contribution in [1.29, 1.82) is 0 Å². The maximum absolute atomic E-state index is 2.32. The summed E-state index contributed by atoms with van der Waals surface area (Å²) in [5.41, 5.74) is 3.08. The van der Waals surface area contributed by atoms with Crippen LogP contribution in [-0.2, 0) is 24.7 Å². The van der Waals surface area contributed by atoms with Gasteiger partial charge in [-0.15, -0.1) is 0 Å². The molecule has 0 N–H and O–H groups in total. The Bertz CT molecular complexity index is 165. The van der Waals surface area contributed by atoms with Crippen molar-refractivity contribution in [3.05, 3.63) is 20.5 Å². The van der Waals surface area contributed by atoms with Crippen molar-refractivity contribution < 1.29 is 49.5 Å². The van der Waals surface area contributed by atoms with E-state index in [2.05, 4.69) is 19.9 Å². The molecule has 0 heterocycles. The van der Waals surface area contributed by atoms with E-state index >= 15 is 0 Å². The van der Waals surface area contributed by atoms with Crippen molar-refractivity contribution in [1.82, 2.24) is 0 Å². The summed E-state index contributed by atoms with van der Waals surface area (Å²) in [6.45, 7) is 4.42. The van der Waals surface area contributed by atoms with Gasteiger partial charge in [-0.05, 0) is 0 Å². The van der Waals surface area contributed by atoms with Crippen LogP contribution < -0.4 is 24.8 Å². The predicted molar refractivity (Wildman–Crippen MR) is 31.1 cm³/mol. The molecular weight excluding hydrogens is 246 g/mol. The third-order valence-electron chi connectivity index (χ3n) is 1.66. The van der Waals surface area contributed by atoms with Gasteiger partial charge in [0.05, 0.1) is 0 Å². The van der Waals surface area contributed by atoms with Crippen LogP contribution in [0.5, 0.6) is 0 Å². The van der Waals surface area contributed by atoms with E-state index in [1.54, 1.807) is 33.6 Å². The summed E-state index contributed by atoms with van der Waals surface area (Å²) in [6, 6.07) is 0. The minimum atomic E-state index is 0. The van der Waals surface area contributed by atoms with Crippen LogP contribution in [0.15, 0.2) is 20.5 Å². The summed E-state index contributed by atoms with van der Waals surface area (Å²) in [5, 5.41) is 0. The van der Waals surface area contributed by atoms with Crippen molar-refractivity contribution in [3.63, 3.8) is 0 Å². The van der Waals surface area contributed by atoms with Crippen LogP contribution in [0.2, 0.25) is 0 Å². The first-order valence-corrected chi connectivity index (χ1v) is 4.03. The molecule has 0 spiro atoms. The molecule has 0 aromatic rings. The van der Waals surface area contributed by atoms with Gasteiger partial charge >= 0.3 is 65.5 Å². The third-order valence-corrected chi connectivity index (χ3v) is 3.08. The number of halogens is 2. The fourth-order valence-electron chi connectivity index (χ4n) is 0.791. The van der Waals surface area contributed by atoms with Crippen molar-refractivity contribution in [3.8, 4) is 0 Å². The Labute approximate surface area is 89.8 Å². The first-order chi connectivity index (χ1) is 3.72. The Morgan fingerprint density at radius 3 is 1.90 bits per heavy atom. The molecule has 0 saturated carbocycles. The fourth-order valence-corrected chi connectivity index (χ4v) is 1.57. The van der Waals surface area contributed by atoms with Gasteiger partial charge in [-0.2, -0.15) is 0 Å². The first-order valence-electron chi connectivity index (χ1n) is 2.80. The van der Waals surface area contributed by atoms with Crippen molar-refractivity contribution in [2.75, 3.05) is 0 Å². The van der Waals surface area contributed by atoms with Crippen LogP contribution in [0.3, 0.4) is 0 Å². The van der Waals surface area contributed by atoms with Crippen LogP contribution in [0.25, 0.3) is 0 Å². The SMILES string of the molecule is CC1=C(C)[C]([Zr+2])=CC1.[Cl-].[Cl-]. The Kier molecular flexibility index (Phi) is 7.54. The smallest absolute Gasteiger partial charge is 1.00 e. The van der Waals surface area contributed by atoms with Crippen LogP contribution in [0.1, 0.15) is 20.3 Å². The molecule has 1 aliphatic carbocycles. The average molecular weight is 255 g/mol. The Balaban J connectivity index is 0. The van der Waals surface area contributed by atoms with Gasteiger partial charge < -0.3 is 24.8 Å². The molecule has 1 rings (SSSR count). The molecule has 3 heteroatoms. The molecule has 0 unspecified atom stereocenters. The Morgan fingerprint density at radius 2 is 1.80 bits per heavy atom. The Hall–Kier alpha value is 0.943. The zero-order valence-corrected chi connectivity index (χ0v) is 10.0. The van der Waals surface area contributed by atoms with Gasteiger partial charge in [0.1, 0.15) is 0 Å². The zero-order chi connectivity index (χ0) is 6.15. The molecule has 0 radical (unpaired) electrons. The largest absolute Gasteiger partial charge is 1.00 e. The van der Waals surface area contributed by atoms with Crippen molar-refractivity contribution in [2.24, 2.45) is 0 Å². The topological polar surface area (TPSA) is 0 Å². The van der Waals surface area contributed by atoms with Gasteiger partial charge in [-0.25, -0.2) is 0 Å². The quantitative estimate of drug-likeness (QED) is 0.416. The number of hydrogen-bond acceptors (Lipinski definition) is 0. The van der Waals surface area contributed by atoms with Crippen LogP contribution in [-0.4, -0.2) is 0 Å². The molecule has 0 aliphatic heterocycles. The van der Waals surface area contributed by atoms with Crippen molar-refractivity contribution >= 4 is 0 Å². The Morgan fingerprint density at radius 1 is 1.30 bits per heavy atom. The molecule has 0 nitrogen and oxygen atoms in total. The first kappa shape index (κ1) is 13.5. The maximum atomic E-state index is 2.32. The molecule has 0 bridgehead atoms. The minimum Gasteiger partial charge on any atom is -1.00 e. The zero-order valence-electron chi connectivity index (χ0n) is 6.04. The summed E-state index contributed by atoms with van der Waals surface area (Å²) >= 11 is 1.56. The monoisotopic (exact) mass is 253 g/mol. The van der Waals surface area contributed by atoms with Crippen LogP contribution in [0, 0.1) is 0 Å². The standard InChI is InChI=1S/C7H9.2ClH.Zr/c1-6-4-3-5-7(6)2;;;/h3H,4H2,1-2H3;2*1H;/q;;;+2/p-2. The molecule has 10 heavy (non-hydrogen) atoms. The summed E-state index contributed by atoms with van der Waals surface area (Å²) in [5.74, 6) is 0. The molecule has 0 amide bonds. The average Bonchev–Trinajstić information content (AvgIpc) is 1.98. The molecule has 0 fully saturated rings. The number of allylic oxidation sites excluding steroid dienone is 4. The minimum absolute atomic E-state index is 0. The third kappa shape index (κ3) is 2.90. The van der Waals surface area contributed by atoms with Crippen LogP contribution >= 0.6 is 0 Å². The maximum Gasteiger partial charge on any atom is -1.00 e. The van der Waals surface area contributed by atoms with Gasteiger partial charge in [-0.1, -0.05) is 0 Å². The van der Waals surface area contributed by atoms with E-state index in [-0.39, 0.29) is 24.8 Å². The van der Waals surface area contributed by atoms with E-state index in [0.29, 0.717) is 0 Å². The fraction of sp³-hybridized carbons (Fsp3) is 0.429. The van der Waals surface area contributed by atoms with E-state index in [9.17, 15) is 0 Å². The predicted octanol–water partition coefficient (Wildman–Crippen LogP) is -3.83. The second-order valence-electron chi connectivity index (χ2n) is 2.23. The second kappa shape index (κ2) is 5.58. The molecular formula is C7H9Cl2Zr. The van der Waals surface area contributed by atoms with Gasteiger partial charge in [0, 0.05) is 0 Å². The molecule has 1 aliphatic rings. The summed E-state index contributed by atoms with van der Waals surface area (Å²) in [7, 11) is 0. The summed E-state index contributed by atoms with van der Waals surface area (Å²) in [4.78, 5) is 0. The van der Waals surface area contributed by atoms with Crippen LogP contribution in [0.4, 0.5) is 0 Å². The number of rotatable bonds is 0. The van der Waals surface area contributed by atoms with E-state index in [4.69, 9.17) is 0 Å². The van der Waals surface area contributed by atoms with E-state index in [0.717, 1.165) is 0 Å². The second-order valence-corrected chi connectivity index (χ2v) is 3.55. The van der Waals surface area contributed by atoms with Gasteiger partial charge in [0.2, 0.25) is 0 Å². The van der Waals surface area contributed by atoms with Gasteiger partial charge in [0.25, 0.3) is 0 Å². The summed E-state index contributed by atoms with van der Waals surface area (Å²) in [6.07, 6.45) is 3.52. The van der Waals surface area contributed by atoms with E-state index in [1.165, 1.54) is 12.0 Å². The van der Waals surface area contributed by atoms with Gasteiger partial charge in [-0.3, -0.25) is 0 Å². The van der Waals surface area contributed by atoms with Gasteiger partial charge in [0.15, 0.2) is 0 Å². The number of hydrogen-bond donors (Lipinski definition) is 0. The van der Waals surface area contributed by atoms with E-state index < -0.39 is 0 Å². The molecule has 0 saturated heterocycles. The molecule has 55 valence electrons. The normalized spacial score (nSPS) is 15.8. The molecule has 0 aromatic carbocycles. The van der Waals surface area contributed by atoms with E-state index in [1.807, 2.05) is 0 Å². The molecule has 0 aromatic heterocycles. The van der Waals surface area contributed by atoms with Crippen molar-refractivity contribution in [2.45, 2.75) is 20.3 Å².